The Hall–Kier alpha value is -4.08. The van der Waals surface area contributed by atoms with Crippen molar-refractivity contribution < 1.29 is 13.9 Å². The number of benzene rings is 2. The molecule has 30 heavy (non-hydrogen) atoms. The summed E-state index contributed by atoms with van der Waals surface area (Å²) in [4.78, 5) is 12.7. The molecule has 2 aromatic heterocycles. The monoisotopic (exact) mass is 407 g/mol. The van der Waals surface area contributed by atoms with Crippen LogP contribution in [0.5, 0.6) is 5.75 Å². The highest BCUT2D eigenvalue weighted by molar-refractivity contribution is 6.03. The number of tetrazole rings is 1. The Bertz CT molecular complexity index is 1230. The smallest absolute Gasteiger partial charge is 0.276 e. The zero-order valence-electron chi connectivity index (χ0n) is 16.5. The van der Waals surface area contributed by atoms with Crippen molar-refractivity contribution >= 4 is 11.6 Å². The topological polar surface area (TPSA) is 99.8 Å². The van der Waals surface area contributed by atoms with Crippen LogP contribution < -0.4 is 10.1 Å². The van der Waals surface area contributed by atoms with Crippen LogP contribution in [0.15, 0.2) is 48.7 Å². The molecule has 0 atom stereocenters. The predicted octanol–water partition coefficient (Wildman–Crippen LogP) is 2.86. The fraction of sp³-hybridized carbons (Fsp3) is 0.150. The first-order valence-electron chi connectivity index (χ1n) is 9.03. The third-order valence-corrected chi connectivity index (χ3v) is 4.47. The van der Waals surface area contributed by atoms with Crippen LogP contribution in [0, 0.1) is 19.7 Å². The molecule has 152 valence electrons. The van der Waals surface area contributed by atoms with E-state index in [1.165, 1.54) is 27.6 Å². The Balaban J connectivity index is 1.60. The molecule has 0 saturated heterocycles. The summed E-state index contributed by atoms with van der Waals surface area (Å²) in [6.45, 7) is 3.66. The zero-order chi connectivity index (χ0) is 21.3. The second-order valence-electron chi connectivity index (χ2n) is 6.58. The molecule has 4 aromatic rings. The summed E-state index contributed by atoms with van der Waals surface area (Å²) in [6, 6.07) is 11.4. The number of aryl methyl sites for hydroxylation is 2. The maximum absolute atomic E-state index is 14.3. The van der Waals surface area contributed by atoms with E-state index in [1.807, 2.05) is 25.1 Å². The number of halogens is 1. The lowest BCUT2D eigenvalue weighted by Gasteiger charge is -2.10. The molecule has 2 heterocycles. The van der Waals surface area contributed by atoms with Crippen molar-refractivity contribution in [2.75, 3.05) is 12.4 Å². The van der Waals surface area contributed by atoms with Gasteiger partial charge in [-0.1, -0.05) is 6.07 Å². The molecule has 0 fully saturated rings. The van der Waals surface area contributed by atoms with Crippen LogP contribution in [-0.2, 0) is 0 Å². The highest BCUT2D eigenvalue weighted by Crippen LogP contribution is 2.24. The van der Waals surface area contributed by atoms with Gasteiger partial charge in [-0.15, -0.1) is 5.10 Å². The fourth-order valence-corrected chi connectivity index (χ4v) is 2.96. The average Bonchev–Trinajstić information content (AvgIpc) is 3.39. The van der Waals surface area contributed by atoms with Gasteiger partial charge in [-0.3, -0.25) is 4.79 Å². The lowest BCUT2D eigenvalue weighted by atomic mass is 10.2. The molecule has 1 amide bonds. The molecule has 4 rings (SSSR count). The number of aromatic nitrogens is 6. The Morgan fingerprint density at radius 1 is 1.13 bits per heavy atom. The van der Waals surface area contributed by atoms with Crippen molar-refractivity contribution in [2.24, 2.45) is 0 Å². The molecule has 0 aliphatic carbocycles. The number of rotatable bonds is 5. The number of hydrogen-bond acceptors (Lipinski definition) is 6. The lowest BCUT2D eigenvalue weighted by molar-refractivity contribution is 0.102. The second-order valence-corrected chi connectivity index (χ2v) is 6.58. The van der Waals surface area contributed by atoms with Gasteiger partial charge < -0.3 is 10.1 Å². The van der Waals surface area contributed by atoms with Gasteiger partial charge >= 0.3 is 0 Å². The van der Waals surface area contributed by atoms with E-state index in [2.05, 4.69) is 25.9 Å². The van der Waals surface area contributed by atoms with Gasteiger partial charge in [0, 0.05) is 6.20 Å². The summed E-state index contributed by atoms with van der Waals surface area (Å²) in [5.41, 5.74) is 2.35. The summed E-state index contributed by atoms with van der Waals surface area (Å²) in [5.74, 6) is 0.0124. The van der Waals surface area contributed by atoms with E-state index in [0.29, 0.717) is 22.9 Å². The van der Waals surface area contributed by atoms with E-state index in [0.717, 1.165) is 5.56 Å². The molecule has 0 saturated carbocycles. The molecular formula is C20H18FN7O2. The van der Waals surface area contributed by atoms with Gasteiger partial charge in [-0.2, -0.15) is 9.78 Å². The fourth-order valence-electron chi connectivity index (χ4n) is 2.96. The van der Waals surface area contributed by atoms with Gasteiger partial charge in [0.05, 0.1) is 18.5 Å². The van der Waals surface area contributed by atoms with Crippen molar-refractivity contribution in [3.05, 3.63) is 71.6 Å². The first-order valence-corrected chi connectivity index (χ1v) is 9.03. The zero-order valence-corrected chi connectivity index (χ0v) is 16.5. The number of nitrogens with zero attached hydrogens (tertiary/aromatic N) is 6. The van der Waals surface area contributed by atoms with Crippen LogP contribution >= 0.6 is 0 Å². The minimum Gasteiger partial charge on any atom is -0.494 e. The number of anilines is 1. The van der Waals surface area contributed by atoms with Gasteiger partial charge in [-0.25, -0.2) is 9.07 Å². The van der Waals surface area contributed by atoms with E-state index in [4.69, 9.17) is 4.74 Å². The van der Waals surface area contributed by atoms with E-state index in [1.54, 1.807) is 26.3 Å². The molecule has 9 nitrogen and oxygen atoms in total. The summed E-state index contributed by atoms with van der Waals surface area (Å²) in [7, 11) is 1.56. The van der Waals surface area contributed by atoms with Crippen molar-refractivity contribution in [3.63, 3.8) is 0 Å². The SMILES string of the molecule is COc1ccc(C)cc1-n1ccc(C(=O)Nc2cc(-n3nnnc3C)ccc2F)n1. The minimum atomic E-state index is -0.586. The Morgan fingerprint density at radius 2 is 1.97 bits per heavy atom. The van der Waals surface area contributed by atoms with Crippen molar-refractivity contribution in [3.8, 4) is 17.1 Å². The van der Waals surface area contributed by atoms with E-state index < -0.39 is 11.7 Å². The van der Waals surface area contributed by atoms with Gasteiger partial charge in [0.1, 0.15) is 17.3 Å². The lowest BCUT2D eigenvalue weighted by Crippen LogP contribution is -2.15. The van der Waals surface area contributed by atoms with Gasteiger partial charge in [0.15, 0.2) is 11.5 Å². The molecule has 2 aromatic carbocycles. The highest BCUT2D eigenvalue weighted by Gasteiger charge is 2.16. The van der Waals surface area contributed by atoms with Crippen LogP contribution in [0.1, 0.15) is 21.9 Å². The van der Waals surface area contributed by atoms with Crippen LogP contribution in [-0.4, -0.2) is 43.0 Å². The average molecular weight is 407 g/mol. The molecule has 0 unspecified atom stereocenters. The Kier molecular flexibility index (Phi) is 4.97. The number of ether oxygens (including phenoxy) is 1. The molecular weight excluding hydrogens is 389 g/mol. The van der Waals surface area contributed by atoms with Crippen LogP contribution in [0.2, 0.25) is 0 Å². The van der Waals surface area contributed by atoms with E-state index >= 15 is 0 Å². The molecule has 0 radical (unpaired) electrons. The number of carbonyl (C=O) groups excluding carboxylic acids is 1. The molecule has 0 spiro atoms. The van der Waals surface area contributed by atoms with Gasteiger partial charge in [0.2, 0.25) is 0 Å². The number of carbonyl (C=O) groups is 1. The van der Waals surface area contributed by atoms with Crippen molar-refractivity contribution in [1.82, 2.24) is 30.0 Å². The standard InChI is InChI=1S/C20H18FN7O2/c1-12-4-7-19(30-3)18(10-12)27-9-8-16(24-27)20(29)22-17-11-14(5-6-15(17)21)28-13(2)23-25-26-28/h4-11H,1-3H3,(H,22,29). The van der Waals surface area contributed by atoms with Gasteiger partial charge in [-0.05, 0) is 66.2 Å². The number of hydrogen-bond donors (Lipinski definition) is 1. The molecule has 1 N–H and O–H groups in total. The molecule has 0 aliphatic heterocycles. The molecule has 0 aliphatic rings. The van der Waals surface area contributed by atoms with E-state index in [-0.39, 0.29) is 11.4 Å². The minimum absolute atomic E-state index is 0.00455. The largest absolute Gasteiger partial charge is 0.494 e. The first-order chi connectivity index (χ1) is 14.5. The van der Waals surface area contributed by atoms with Crippen LogP contribution in [0.3, 0.4) is 0 Å². The predicted molar refractivity (Wildman–Crippen MR) is 107 cm³/mol. The van der Waals surface area contributed by atoms with E-state index in [9.17, 15) is 9.18 Å². The summed E-state index contributed by atoms with van der Waals surface area (Å²) in [5, 5.41) is 18.1. The third-order valence-electron chi connectivity index (χ3n) is 4.47. The highest BCUT2D eigenvalue weighted by atomic mass is 19.1. The van der Waals surface area contributed by atoms with Crippen molar-refractivity contribution in [1.29, 1.82) is 0 Å². The number of nitrogens with one attached hydrogen (secondary N) is 1. The quantitative estimate of drug-likeness (QED) is 0.546. The summed E-state index contributed by atoms with van der Waals surface area (Å²) < 4.78 is 22.6. The Labute approximate surface area is 171 Å². The first kappa shape index (κ1) is 19.2. The Morgan fingerprint density at radius 3 is 2.70 bits per heavy atom. The van der Waals surface area contributed by atoms with Crippen LogP contribution in [0.4, 0.5) is 10.1 Å². The normalized spacial score (nSPS) is 10.8. The number of amides is 1. The second kappa shape index (κ2) is 7.74. The van der Waals surface area contributed by atoms with Crippen molar-refractivity contribution in [2.45, 2.75) is 13.8 Å². The number of methoxy groups -OCH3 is 1. The summed E-state index contributed by atoms with van der Waals surface area (Å²) in [6.07, 6.45) is 1.64. The van der Waals surface area contributed by atoms with Crippen LogP contribution in [0.25, 0.3) is 11.4 Å². The molecule has 10 heteroatoms. The third kappa shape index (κ3) is 3.62. The maximum atomic E-state index is 14.3. The van der Waals surface area contributed by atoms with Gasteiger partial charge in [0.25, 0.3) is 5.91 Å². The maximum Gasteiger partial charge on any atom is 0.276 e. The summed E-state index contributed by atoms with van der Waals surface area (Å²) >= 11 is 0. The molecule has 0 bridgehead atoms.